The summed E-state index contributed by atoms with van der Waals surface area (Å²) in [6, 6.07) is 13.1. The number of morpholine rings is 1. The molecule has 2 aromatic rings. The van der Waals surface area contributed by atoms with Crippen molar-refractivity contribution in [2.45, 2.75) is 31.3 Å². The van der Waals surface area contributed by atoms with Gasteiger partial charge in [-0.2, -0.15) is 0 Å². The number of benzene rings is 1. The average molecular weight is 552 g/mol. The van der Waals surface area contributed by atoms with Gasteiger partial charge in [-0.15, -0.1) is 24.0 Å². The second kappa shape index (κ2) is 11.4. The van der Waals surface area contributed by atoms with Gasteiger partial charge in [-0.1, -0.05) is 18.2 Å². The maximum absolute atomic E-state index is 5.86. The molecule has 3 aliphatic heterocycles. The van der Waals surface area contributed by atoms with Crippen molar-refractivity contribution in [2.24, 2.45) is 4.99 Å². The van der Waals surface area contributed by atoms with E-state index in [0.29, 0.717) is 12.6 Å². The highest BCUT2D eigenvalue weighted by molar-refractivity contribution is 14.0. The number of nitrogens with one attached hydrogen (secondary N) is 1. The van der Waals surface area contributed by atoms with Crippen LogP contribution in [0.4, 0.5) is 0 Å². The second-order valence-electron chi connectivity index (χ2n) is 8.44. The van der Waals surface area contributed by atoms with E-state index < -0.39 is 0 Å². The number of hydrogen-bond acceptors (Lipinski definition) is 5. The highest BCUT2D eigenvalue weighted by atomic mass is 127. The minimum atomic E-state index is 0. The Kier molecular flexibility index (Phi) is 8.31. The molecule has 0 aliphatic carbocycles. The standard InChI is InChI=1S/C24H32N4O3.HI/c1-2-6-23-21(5-1)22(9-15-31-23)26-24(25-10-7-20-4-3-14-30-20)28-11-8-19(18-28)27-12-16-29-17-13-27;/h1-6,14,19,22H,7-13,15-18H2,(H,25,26);1H. The number of halogens is 1. The predicted octanol–water partition coefficient (Wildman–Crippen LogP) is 3.32. The fourth-order valence-corrected chi connectivity index (χ4v) is 4.79. The summed E-state index contributed by atoms with van der Waals surface area (Å²) in [4.78, 5) is 10.0. The summed E-state index contributed by atoms with van der Waals surface area (Å²) in [5, 5.41) is 3.78. The molecule has 0 bridgehead atoms. The molecule has 1 N–H and O–H groups in total. The quantitative estimate of drug-likeness (QED) is 0.349. The van der Waals surface area contributed by atoms with Gasteiger partial charge in [0.1, 0.15) is 11.5 Å². The van der Waals surface area contributed by atoms with Gasteiger partial charge in [-0.25, -0.2) is 0 Å². The van der Waals surface area contributed by atoms with Crippen LogP contribution in [0.2, 0.25) is 0 Å². The highest BCUT2D eigenvalue weighted by Crippen LogP contribution is 2.32. The molecule has 8 heteroatoms. The molecule has 2 fully saturated rings. The number of likely N-dealkylation sites (tertiary alicyclic amines) is 1. The van der Waals surface area contributed by atoms with E-state index >= 15 is 0 Å². The number of ether oxygens (including phenoxy) is 2. The maximum Gasteiger partial charge on any atom is 0.194 e. The van der Waals surface area contributed by atoms with Gasteiger partial charge in [0.05, 0.1) is 32.1 Å². The molecule has 4 heterocycles. The van der Waals surface area contributed by atoms with Crippen molar-refractivity contribution in [3.63, 3.8) is 0 Å². The summed E-state index contributed by atoms with van der Waals surface area (Å²) in [5.74, 6) is 2.96. The Morgan fingerprint density at radius 1 is 1.03 bits per heavy atom. The first-order valence-corrected chi connectivity index (χ1v) is 11.5. The van der Waals surface area contributed by atoms with Crippen molar-refractivity contribution < 1.29 is 13.9 Å². The molecule has 0 saturated carbocycles. The number of hydrogen-bond donors (Lipinski definition) is 1. The van der Waals surface area contributed by atoms with Crippen molar-refractivity contribution in [1.29, 1.82) is 0 Å². The van der Waals surface area contributed by atoms with E-state index in [9.17, 15) is 0 Å². The lowest BCUT2D eigenvalue weighted by Crippen LogP contribution is -2.47. The molecule has 1 aromatic heterocycles. The van der Waals surface area contributed by atoms with E-state index in [-0.39, 0.29) is 30.0 Å². The summed E-state index contributed by atoms with van der Waals surface area (Å²) in [5.41, 5.74) is 1.22. The van der Waals surface area contributed by atoms with Gasteiger partial charge in [0.2, 0.25) is 0 Å². The molecule has 0 radical (unpaired) electrons. The van der Waals surface area contributed by atoms with Crippen molar-refractivity contribution in [2.75, 3.05) is 52.5 Å². The Morgan fingerprint density at radius 3 is 2.75 bits per heavy atom. The summed E-state index contributed by atoms with van der Waals surface area (Å²) in [6.07, 6.45) is 4.64. The zero-order chi connectivity index (χ0) is 20.9. The lowest BCUT2D eigenvalue weighted by atomic mass is 10.0. The Labute approximate surface area is 207 Å². The van der Waals surface area contributed by atoms with Crippen molar-refractivity contribution in [1.82, 2.24) is 15.1 Å². The van der Waals surface area contributed by atoms with Crippen LogP contribution in [-0.2, 0) is 11.2 Å². The smallest absolute Gasteiger partial charge is 0.194 e. The van der Waals surface area contributed by atoms with Crippen LogP contribution in [0.25, 0.3) is 0 Å². The molecular weight excluding hydrogens is 519 g/mol. The summed E-state index contributed by atoms with van der Waals surface area (Å²) >= 11 is 0. The summed E-state index contributed by atoms with van der Waals surface area (Å²) in [6.45, 7) is 7.23. The zero-order valence-electron chi connectivity index (χ0n) is 18.4. The van der Waals surface area contributed by atoms with E-state index in [4.69, 9.17) is 18.9 Å². The number of aliphatic imine (C=N–C) groups is 1. The fourth-order valence-electron chi connectivity index (χ4n) is 4.79. The van der Waals surface area contributed by atoms with Crippen LogP contribution in [0.1, 0.15) is 30.2 Å². The minimum absolute atomic E-state index is 0. The average Bonchev–Trinajstić information content (AvgIpc) is 3.52. The molecule has 2 unspecified atom stereocenters. The number of furan rings is 1. The molecule has 1 aromatic carbocycles. The number of fused-ring (bicyclic) bond motifs is 1. The van der Waals surface area contributed by atoms with Crippen molar-refractivity contribution in [3.8, 4) is 5.75 Å². The number of nitrogens with zero attached hydrogens (tertiary/aromatic N) is 3. The largest absolute Gasteiger partial charge is 0.493 e. The van der Waals surface area contributed by atoms with Crippen LogP contribution >= 0.6 is 24.0 Å². The molecule has 32 heavy (non-hydrogen) atoms. The van der Waals surface area contributed by atoms with Crippen LogP contribution in [0.5, 0.6) is 5.75 Å². The highest BCUT2D eigenvalue weighted by Gasteiger charge is 2.32. The van der Waals surface area contributed by atoms with Gasteiger partial charge < -0.3 is 24.1 Å². The first kappa shape index (κ1) is 23.4. The second-order valence-corrected chi connectivity index (χ2v) is 8.44. The van der Waals surface area contributed by atoms with Gasteiger partial charge in [0, 0.05) is 57.2 Å². The van der Waals surface area contributed by atoms with Crippen LogP contribution < -0.4 is 10.1 Å². The minimum Gasteiger partial charge on any atom is -0.493 e. The first-order valence-electron chi connectivity index (χ1n) is 11.5. The lowest BCUT2D eigenvalue weighted by Gasteiger charge is -2.33. The molecule has 3 aliphatic rings. The van der Waals surface area contributed by atoms with Crippen LogP contribution in [0.15, 0.2) is 52.1 Å². The van der Waals surface area contributed by atoms with Crippen molar-refractivity contribution in [3.05, 3.63) is 54.0 Å². The third-order valence-corrected chi connectivity index (χ3v) is 6.49. The van der Waals surface area contributed by atoms with Crippen molar-refractivity contribution >= 4 is 29.9 Å². The van der Waals surface area contributed by atoms with Crippen LogP contribution in [0, 0.1) is 0 Å². The Bertz CT molecular complexity index is 870. The molecule has 2 atom stereocenters. The third-order valence-electron chi connectivity index (χ3n) is 6.49. The first-order chi connectivity index (χ1) is 15.4. The van der Waals surface area contributed by atoms with Gasteiger partial charge in [0.15, 0.2) is 5.96 Å². The zero-order valence-corrected chi connectivity index (χ0v) is 20.8. The summed E-state index contributed by atoms with van der Waals surface area (Å²) in [7, 11) is 0. The fraction of sp³-hybridized carbons (Fsp3) is 0.542. The normalized spacial score (nSPS) is 23.9. The number of para-hydroxylation sites is 1. The number of guanidine groups is 1. The van der Waals surface area contributed by atoms with Gasteiger partial charge in [-0.3, -0.25) is 9.89 Å². The Balaban J connectivity index is 0.00000245. The molecule has 0 spiro atoms. The van der Waals surface area contributed by atoms with Gasteiger partial charge >= 0.3 is 0 Å². The summed E-state index contributed by atoms with van der Waals surface area (Å²) < 4.78 is 16.9. The molecule has 174 valence electrons. The molecule has 5 rings (SSSR count). The predicted molar refractivity (Wildman–Crippen MR) is 135 cm³/mol. The lowest BCUT2D eigenvalue weighted by molar-refractivity contribution is 0.0194. The molecule has 7 nitrogen and oxygen atoms in total. The van der Waals surface area contributed by atoms with E-state index in [1.807, 2.05) is 18.2 Å². The van der Waals surface area contributed by atoms with Gasteiger partial charge in [0.25, 0.3) is 0 Å². The molecular formula is C24H33IN4O3. The maximum atomic E-state index is 5.86. The van der Waals surface area contributed by atoms with Gasteiger partial charge in [-0.05, 0) is 24.6 Å². The molecule has 0 amide bonds. The topological polar surface area (TPSA) is 62.5 Å². The Hall–Kier alpha value is -1.78. The number of rotatable bonds is 5. The van der Waals surface area contributed by atoms with E-state index in [0.717, 1.165) is 76.3 Å². The third kappa shape index (κ3) is 5.58. The SMILES string of the molecule is I.c1coc(CCN=C(NC2CCOc3ccccc32)N2CCC(N3CCOCC3)C2)c1. The van der Waals surface area contributed by atoms with E-state index in [2.05, 4.69) is 33.3 Å². The van der Waals surface area contributed by atoms with E-state index in [1.54, 1.807) is 6.26 Å². The van der Waals surface area contributed by atoms with E-state index in [1.165, 1.54) is 12.0 Å². The molecule has 2 saturated heterocycles. The van der Waals surface area contributed by atoms with Crippen LogP contribution in [-0.4, -0.2) is 74.3 Å². The monoisotopic (exact) mass is 552 g/mol. The van der Waals surface area contributed by atoms with Crippen LogP contribution in [0.3, 0.4) is 0 Å². The Morgan fingerprint density at radius 2 is 1.91 bits per heavy atom.